The molecular weight excluding hydrogens is 287 g/mol. The first kappa shape index (κ1) is 17.7. The van der Waals surface area contributed by atoms with Crippen molar-refractivity contribution < 1.29 is 4.79 Å². The van der Waals surface area contributed by atoms with Crippen molar-refractivity contribution in [2.45, 2.75) is 13.0 Å². The maximum Gasteiger partial charge on any atom is 0.221 e. The molecule has 3 N–H and O–H groups in total. The normalized spacial score (nSPS) is 9.53. The first-order chi connectivity index (χ1) is 8.31. The van der Waals surface area contributed by atoms with Gasteiger partial charge in [-0.05, 0) is 12.1 Å². The maximum absolute atomic E-state index is 11.4. The van der Waals surface area contributed by atoms with E-state index in [1.54, 1.807) is 6.33 Å². The van der Waals surface area contributed by atoms with Crippen LogP contribution in [0.1, 0.15) is 6.42 Å². The average molecular weight is 305 g/mol. The molecule has 0 bridgehead atoms. The predicted octanol–water partition coefficient (Wildman–Crippen LogP) is 1.34. The number of hydrogen-bond donors (Lipinski definition) is 2. The number of carbonyl (C=O) groups excluding carboxylic acids is 1. The number of fused-ring (bicyclic) bond motifs is 1. The van der Waals surface area contributed by atoms with E-state index in [1.807, 2.05) is 28.8 Å². The zero-order valence-corrected chi connectivity index (χ0v) is 12.0. The Balaban J connectivity index is 0.00000162. The number of hydrogen-bond acceptors (Lipinski definition) is 3. The molecule has 1 heterocycles. The third-order valence-corrected chi connectivity index (χ3v) is 2.57. The molecular formula is C12H18Cl2N4O. The van der Waals surface area contributed by atoms with Gasteiger partial charge in [0.05, 0.1) is 17.4 Å². The van der Waals surface area contributed by atoms with E-state index in [4.69, 9.17) is 5.73 Å². The monoisotopic (exact) mass is 304 g/mol. The molecule has 1 aromatic carbocycles. The molecule has 19 heavy (non-hydrogen) atoms. The second-order valence-electron chi connectivity index (χ2n) is 3.82. The van der Waals surface area contributed by atoms with Crippen LogP contribution in [0.4, 0.5) is 0 Å². The van der Waals surface area contributed by atoms with E-state index >= 15 is 0 Å². The number of benzene rings is 1. The number of rotatable bonds is 5. The number of aromatic nitrogens is 2. The first-order valence-corrected chi connectivity index (χ1v) is 5.68. The van der Waals surface area contributed by atoms with Crippen LogP contribution in [0.3, 0.4) is 0 Å². The number of amides is 1. The number of nitrogens with one attached hydrogen (secondary N) is 1. The Bertz CT molecular complexity index is 515. The molecule has 0 aliphatic rings. The summed E-state index contributed by atoms with van der Waals surface area (Å²) in [6.07, 6.45) is 2.21. The smallest absolute Gasteiger partial charge is 0.221 e. The molecule has 0 saturated carbocycles. The van der Waals surface area contributed by atoms with Gasteiger partial charge in [-0.1, -0.05) is 12.1 Å². The molecule has 0 atom stereocenters. The Kier molecular flexibility index (Phi) is 8.14. The quantitative estimate of drug-likeness (QED) is 0.875. The van der Waals surface area contributed by atoms with Gasteiger partial charge in [0.15, 0.2) is 0 Å². The predicted molar refractivity (Wildman–Crippen MR) is 80.9 cm³/mol. The summed E-state index contributed by atoms with van der Waals surface area (Å²) in [5.41, 5.74) is 7.32. The van der Waals surface area contributed by atoms with Gasteiger partial charge in [0.25, 0.3) is 0 Å². The van der Waals surface area contributed by atoms with E-state index in [-0.39, 0.29) is 30.7 Å². The van der Waals surface area contributed by atoms with E-state index in [2.05, 4.69) is 10.3 Å². The fraction of sp³-hybridized carbons (Fsp3) is 0.333. The van der Waals surface area contributed by atoms with E-state index in [0.717, 1.165) is 11.0 Å². The average Bonchev–Trinajstić information content (AvgIpc) is 2.77. The van der Waals surface area contributed by atoms with Gasteiger partial charge in [-0.3, -0.25) is 4.79 Å². The SMILES string of the molecule is Cl.Cl.NCCNC(=O)CCn1cnc2ccccc21. The van der Waals surface area contributed by atoms with Crippen molar-refractivity contribution in [2.75, 3.05) is 13.1 Å². The van der Waals surface area contributed by atoms with Crippen LogP contribution in [-0.2, 0) is 11.3 Å². The molecule has 0 unspecified atom stereocenters. The van der Waals surface area contributed by atoms with Crippen LogP contribution in [0.2, 0.25) is 0 Å². The minimum absolute atomic E-state index is 0. The first-order valence-electron chi connectivity index (χ1n) is 5.68. The second kappa shape index (κ2) is 8.74. The highest BCUT2D eigenvalue weighted by Crippen LogP contribution is 2.11. The number of nitrogens with zero attached hydrogens (tertiary/aromatic N) is 2. The molecule has 0 saturated heterocycles. The van der Waals surface area contributed by atoms with Crippen molar-refractivity contribution in [1.82, 2.24) is 14.9 Å². The molecule has 0 aliphatic heterocycles. The second-order valence-corrected chi connectivity index (χ2v) is 3.82. The lowest BCUT2D eigenvalue weighted by molar-refractivity contribution is -0.121. The molecule has 2 aromatic rings. The van der Waals surface area contributed by atoms with E-state index < -0.39 is 0 Å². The van der Waals surface area contributed by atoms with E-state index in [9.17, 15) is 4.79 Å². The third-order valence-electron chi connectivity index (χ3n) is 2.57. The zero-order chi connectivity index (χ0) is 12.1. The fourth-order valence-corrected chi connectivity index (χ4v) is 1.71. The van der Waals surface area contributed by atoms with Crippen molar-refractivity contribution in [2.24, 2.45) is 5.73 Å². The summed E-state index contributed by atoms with van der Waals surface area (Å²) in [5, 5.41) is 2.75. The highest BCUT2D eigenvalue weighted by atomic mass is 35.5. The summed E-state index contributed by atoms with van der Waals surface area (Å²) in [6, 6.07) is 7.88. The van der Waals surface area contributed by atoms with Gasteiger partial charge in [0, 0.05) is 26.1 Å². The molecule has 106 valence electrons. The minimum Gasteiger partial charge on any atom is -0.355 e. The van der Waals surface area contributed by atoms with Crippen LogP contribution >= 0.6 is 24.8 Å². The van der Waals surface area contributed by atoms with Crippen LogP contribution in [0.25, 0.3) is 11.0 Å². The van der Waals surface area contributed by atoms with Gasteiger partial charge < -0.3 is 15.6 Å². The molecule has 1 amide bonds. The number of carbonyl (C=O) groups is 1. The van der Waals surface area contributed by atoms with Crippen molar-refractivity contribution >= 4 is 41.8 Å². The number of para-hydroxylation sites is 2. The number of nitrogens with two attached hydrogens (primary N) is 1. The lowest BCUT2D eigenvalue weighted by Gasteiger charge is -2.05. The van der Waals surface area contributed by atoms with Crippen LogP contribution in [-0.4, -0.2) is 28.5 Å². The Morgan fingerprint density at radius 1 is 1.32 bits per heavy atom. The van der Waals surface area contributed by atoms with Crippen molar-refractivity contribution in [3.63, 3.8) is 0 Å². The molecule has 2 rings (SSSR count). The van der Waals surface area contributed by atoms with Gasteiger partial charge in [-0.2, -0.15) is 0 Å². The van der Waals surface area contributed by atoms with Gasteiger partial charge in [0.1, 0.15) is 0 Å². The lowest BCUT2D eigenvalue weighted by atomic mass is 10.3. The molecule has 5 nitrogen and oxygen atoms in total. The molecule has 0 fully saturated rings. The largest absolute Gasteiger partial charge is 0.355 e. The molecule has 0 spiro atoms. The summed E-state index contributed by atoms with van der Waals surface area (Å²) in [7, 11) is 0. The van der Waals surface area contributed by atoms with E-state index in [0.29, 0.717) is 26.1 Å². The van der Waals surface area contributed by atoms with Gasteiger partial charge in [-0.25, -0.2) is 4.98 Å². The standard InChI is InChI=1S/C12H16N4O.2ClH/c13-6-7-14-12(17)5-8-16-9-15-10-3-1-2-4-11(10)16;;/h1-4,9H,5-8,13H2,(H,14,17);2*1H. The van der Waals surface area contributed by atoms with E-state index in [1.165, 1.54) is 0 Å². The van der Waals surface area contributed by atoms with Gasteiger partial charge >= 0.3 is 0 Å². The Labute approximate surface area is 124 Å². The summed E-state index contributed by atoms with van der Waals surface area (Å²) < 4.78 is 1.98. The van der Waals surface area contributed by atoms with Crippen LogP contribution < -0.4 is 11.1 Å². The molecule has 0 radical (unpaired) electrons. The molecule has 1 aromatic heterocycles. The number of halogens is 2. The minimum atomic E-state index is 0. The van der Waals surface area contributed by atoms with Crippen LogP contribution in [0.15, 0.2) is 30.6 Å². The van der Waals surface area contributed by atoms with Crippen LogP contribution in [0, 0.1) is 0 Å². The van der Waals surface area contributed by atoms with Crippen molar-refractivity contribution in [3.8, 4) is 0 Å². The Hall–Kier alpha value is -1.30. The zero-order valence-electron chi connectivity index (χ0n) is 10.4. The Morgan fingerprint density at radius 3 is 2.79 bits per heavy atom. The maximum atomic E-state index is 11.4. The summed E-state index contributed by atoms with van der Waals surface area (Å²) in [5.74, 6) is 0.0215. The molecule has 0 aliphatic carbocycles. The van der Waals surface area contributed by atoms with Gasteiger partial charge in [-0.15, -0.1) is 24.8 Å². The third kappa shape index (κ3) is 4.70. The fourth-order valence-electron chi connectivity index (χ4n) is 1.71. The van der Waals surface area contributed by atoms with Gasteiger partial charge in [0.2, 0.25) is 5.91 Å². The van der Waals surface area contributed by atoms with Crippen molar-refractivity contribution in [1.29, 1.82) is 0 Å². The lowest BCUT2D eigenvalue weighted by Crippen LogP contribution is -2.29. The summed E-state index contributed by atoms with van der Waals surface area (Å²) in [6.45, 7) is 1.64. The summed E-state index contributed by atoms with van der Waals surface area (Å²) in [4.78, 5) is 15.7. The highest BCUT2D eigenvalue weighted by molar-refractivity contribution is 5.85. The van der Waals surface area contributed by atoms with Crippen molar-refractivity contribution in [3.05, 3.63) is 30.6 Å². The topological polar surface area (TPSA) is 72.9 Å². The highest BCUT2D eigenvalue weighted by Gasteiger charge is 2.04. The molecule has 7 heteroatoms. The van der Waals surface area contributed by atoms with Crippen LogP contribution in [0.5, 0.6) is 0 Å². The summed E-state index contributed by atoms with van der Waals surface area (Å²) >= 11 is 0. The number of aryl methyl sites for hydroxylation is 1. The number of imidazole rings is 1. The Morgan fingerprint density at radius 2 is 2.05 bits per heavy atom.